The van der Waals surface area contributed by atoms with Gasteiger partial charge in [0.2, 0.25) is 15.9 Å². The maximum Gasteiger partial charge on any atom is 0.243 e. The number of nitrogens with one attached hydrogen (secondary N) is 2. The van der Waals surface area contributed by atoms with Gasteiger partial charge in [-0.1, -0.05) is 30.9 Å². The summed E-state index contributed by atoms with van der Waals surface area (Å²) in [6, 6.07) is 1.76. The largest absolute Gasteiger partial charge is 0.325 e. The first-order valence-electron chi connectivity index (χ1n) is 7.08. The molecule has 0 aromatic heterocycles. The van der Waals surface area contributed by atoms with E-state index in [0.29, 0.717) is 0 Å². The van der Waals surface area contributed by atoms with Gasteiger partial charge in [-0.25, -0.2) is 17.5 Å². The van der Waals surface area contributed by atoms with E-state index in [0.717, 1.165) is 44.2 Å². The maximum atomic E-state index is 14.1. The average Bonchev–Trinajstić information content (AvgIpc) is 2.42. The zero-order chi connectivity index (χ0) is 16.3. The van der Waals surface area contributed by atoms with Crippen LogP contribution in [0, 0.1) is 5.82 Å². The van der Waals surface area contributed by atoms with Gasteiger partial charge in [0.1, 0.15) is 10.7 Å². The van der Waals surface area contributed by atoms with Crippen molar-refractivity contribution in [2.75, 3.05) is 5.32 Å². The molecule has 0 aliphatic heterocycles. The van der Waals surface area contributed by atoms with Gasteiger partial charge in [-0.2, -0.15) is 0 Å². The Hall–Kier alpha value is -1.18. The minimum absolute atomic E-state index is 0.0272. The third-order valence-electron chi connectivity index (χ3n) is 3.55. The van der Waals surface area contributed by atoms with Crippen LogP contribution in [0.4, 0.5) is 10.1 Å². The second-order valence-corrected chi connectivity index (χ2v) is 7.49. The van der Waals surface area contributed by atoms with Crippen LogP contribution in [-0.4, -0.2) is 20.4 Å². The number of amides is 1. The van der Waals surface area contributed by atoms with Gasteiger partial charge in [0.05, 0.1) is 10.7 Å². The Bertz CT molecular complexity index is 673. The van der Waals surface area contributed by atoms with E-state index in [2.05, 4.69) is 10.0 Å². The molecule has 0 spiro atoms. The Morgan fingerprint density at radius 1 is 1.27 bits per heavy atom. The molecule has 1 saturated carbocycles. The fourth-order valence-corrected chi connectivity index (χ4v) is 4.19. The van der Waals surface area contributed by atoms with Gasteiger partial charge in [0.15, 0.2) is 0 Å². The van der Waals surface area contributed by atoms with E-state index in [9.17, 15) is 17.6 Å². The summed E-state index contributed by atoms with van der Waals surface area (Å²) >= 11 is 5.92. The lowest BCUT2D eigenvalue weighted by Crippen LogP contribution is -2.36. The number of rotatable bonds is 4. The zero-order valence-electron chi connectivity index (χ0n) is 12.2. The van der Waals surface area contributed by atoms with Crippen molar-refractivity contribution in [1.29, 1.82) is 0 Å². The van der Waals surface area contributed by atoms with Crippen molar-refractivity contribution >= 4 is 33.2 Å². The highest BCUT2D eigenvalue weighted by Crippen LogP contribution is 2.29. The Kier molecular flexibility index (Phi) is 5.41. The summed E-state index contributed by atoms with van der Waals surface area (Å²) in [5.74, 6) is -1.37. The van der Waals surface area contributed by atoms with Crippen molar-refractivity contribution in [3.63, 3.8) is 0 Å². The first-order chi connectivity index (χ1) is 10.3. The summed E-state index contributed by atoms with van der Waals surface area (Å²) in [7, 11) is -3.98. The molecule has 1 amide bonds. The van der Waals surface area contributed by atoms with E-state index in [1.54, 1.807) is 0 Å². The summed E-state index contributed by atoms with van der Waals surface area (Å²) in [5.41, 5.74) is 0.0447. The van der Waals surface area contributed by atoms with Gasteiger partial charge in [-0.05, 0) is 18.9 Å². The van der Waals surface area contributed by atoms with Crippen LogP contribution >= 0.6 is 11.6 Å². The second-order valence-electron chi connectivity index (χ2n) is 5.40. The number of benzene rings is 1. The number of carbonyl (C=O) groups is 1. The Morgan fingerprint density at radius 2 is 1.91 bits per heavy atom. The van der Waals surface area contributed by atoms with Crippen LogP contribution in [0.15, 0.2) is 17.0 Å². The number of carbonyl (C=O) groups excluding carboxylic acids is 1. The van der Waals surface area contributed by atoms with Crippen LogP contribution in [-0.2, 0) is 14.8 Å². The molecular formula is C14H18ClFN2O3S. The molecule has 1 aliphatic rings. The number of halogens is 2. The first kappa shape index (κ1) is 17.2. The zero-order valence-corrected chi connectivity index (χ0v) is 13.7. The molecule has 8 heteroatoms. The van der Waals surface area contributed by atoms with E-state index in [1.807, 2.05) is 0 Å². The lowest BCUT2D eigenvalue weighted by Gasteiger charge is -2.22. The molecule has 1 aromatic rings. The van der Waals surface area contributed by atoms with Crippen molar-refractivity contribution in [2.24, 2.45) is 0 Å². The lowest BCUT2D eigenvalue weighted by atomic mass is 9.96. The summed E-state index contributed by atoms with van der Waals surface area (Å²) in [4.78, 5) is 10.5. The van der Waals surface area contributed by atoms with Gasteiger partial charge in [-0.3, -0.25) is 4.79 Å². The Labute approximate surface area is 134 Å². The van der Waals surface area contributed by atoms with Gasteiger partial charge in [0, 0.05) is 19.0 Å². The second kappa shape index (κ2) is 6.93. The first-order valence-corrected chi connectivity index (χ1v) is 8.94. The SMILES string of the molecule is CC(=O)Nc1cc(F)c(S(=O)(=O)NC2CCCCC2)cc1Cl. The molecule has 0 heterocycles. The molecule has 2 N–H and O–H groups in total. The highest BCUT2D eigenvalue weighted by molar-refractivity contribution is 7.89. The number of hydrogen-bond acceptors (Lipinski definition) is 3. The highest BCUT2D eigenvalue weighted by atomic mass is 35.5. The Morgan fingerprint density at radius 3 is 2.50 bits per heavy atom. The predicted molar refractivity (Wildman–Crippen MR) is 82.9 cm³/mol. The van der Waals surface area contributed by atoms with Gasteiger partial charge in [0.25, 0.3) is 0 Å². The van der Waals surface area contributed by atoms with Gasteiger partial charge in [-0.15, -0.1) is 0 Å². The molecule has 0 unspecified atom stereocenters. The normalized spacial score (nSPS) is 16.5. The molecule has 1 fully saturated rings. The van der Waals surface area contributed by atoms with Crippen molar-refractivity contribution < 1.29 is 17.6 Å². The molecule has 1 aliphatic carbocycles. The van der Waals surface area contributed by atoms with E-state index < -0.39 is 26.6 Å². The molecule has 0 radical (unpaired) electrons. The number of anilines is 1. The van der Waals surface area contributed by atoms with Crippen LogP contribution < -0.4 is 10.0 Å². The summed E-state index contributed by atoms with van der Waals surface area (Å²) < 4.78 is 41.2. The topological polar surface area (TPSA) is 75.3 Å². The van der Waals surface area contributed by atoms with Crippen molar-refractivity contribution in [3.8, 4) is 0 Å². The smallest absolute Gasteiger partial charge is 0.243 e. The lowest BCUT2D eigenvalue weighted by molar-refractivity contribution is -0.114. The van der Waals surface area contributed by atoms with Crippen LogP contribution in [0.1, 0.15) is 39.0 Å². The molecular weight excluding hydrogens is 331 g/mol. The van der Waals surface area contributed by atoms with E-state index >= 15 is 0 Å². The van der Waals surface area contributed by atoms with E-state index in [1.165, 1.54) is 6.92 Å². The van der Waals surface area contributed by atoms with Crippen LogP contribution in [0.2, 0.25) is 5.02 Å². The highest BCUT2D eigenvalue weighted by Gasteiger charge is 2.25. The minimum atomic E-state index is -3.98. The summed E-state index contributed by atoms with van der Waals surface area (Å²) in [6.07, 6.45) is 4.50. The quantitative estimate of drug-likeness (QED) is 0.878. The molecule has 122 valence electrons. The monoisotopic (exact) mass is 348 g/mol. The molecule has 0 atom stereocenters. The fourth-order valence-electron chi connectivity index (χ4n) is 2.52. The fraction of sp³-hybridized carbons (Fsp3) is 0.500. The van der Waals surface area contributed by atoms with Crippen molar-refractivity contribution in [2.45, 2.75) is 50.0 Å². The average molecular weight is 349 g/mol. The minimum Gasteiger partial charge on any atom is -0.325 e. The standard InChI is InChI=1S/C14H18ClFN2O3S/c1-9(19)17-13-8-12(16)14(7-11(13)15)22(20,21)18-10-5-3-2-4-6-10/h7-8,10,18H,2-6H2,1H3,(H,17,19). The van der Waals surface area contributed by atoms with Gasteiger partial charge >= 0.3 is 0 Å². The summed E-state index contributed by atoms with van der Waals surface area (Å²) in [5, 5.41) is 2.32. The van der Waals surface area contributed by atoms with Crippen LogP contribution in [0.5, 0.6) is 0 Å². The van der Waals surface area contributed by atoms with Crippen molar-refractivity contribution in [3.05, 3.63) is 23.0 Å². The molecule has 0 saturated heterocycles. The molecule has 22 heavy (non-hydrogen) atoms. The molecule has 2 rings (SSSR count). The van der Waals surface area contributed by atoms with E-state index in [-0.39, 0.29) is 16.8 Å². The Balaban J connectivity index is 2.26. The molecule has 0 bridgehead atoms. The predicted octanol–water partition coefficient (Wildman–Crippen LogP) is 3.05. The molecule has 5 nitrogen and oxygen atoms in total. The number of sulfonamides is 1. The number of hydrogen-bond donors (Lipinski definition) is 2. The maximum absolute atomic E-state index is 14.1. The molecule has 1 aromatic carbocycles. The van der Waals surface area contributed by atoms with Crippen molar-refractivity contribution in [1.82, 2.24) is 4.72 Å². The van der Waals surface area contributed by atoms with E-state index in [4.69, 9.17) is 11.6 Å². The third kappa shape index (κ3) is 4.18. The van der Waals surface area contributed by atoms with Crippen LogP contribution in [0.3, 0.4) is 0 Å². The third-order valence-corrected chi connectivity index (χ3v) is 5.40. The van der Waals surface area contributed by atoms with Gasteiger partial charge < -0.3 is 5.32 Å². The summed E-state index contributed by atoms with van der Waals surface area (Å²) in [6.45, 7) is 1.25. The van der Waals surface area contributed by atoms with Crippen LogP contribution in [0.25, 0.3) is 0 Å².